The van der Waals surface area contributed by atoms with Crippen molar-refractivity contribution in [2.24, 2.45) is 0 Å². The first-order chi connectivity index (χ1) is 12.6. The molecule has 0 unspecified atom stereocenters. The number of aromatic nitrogens is 1. The number of benzene rings is 1. The highest BCUT2D eigenvalue weighted by atomic mass is 16.5. The number of carbonyl (C=O) groups is 1. The molecule has 0 atom stereocenters. The van der Waals surface area contributed by atoms with E-state index in [2.05, 4.69) is 15.6 Å². The van der Waals surface area contributed by atoms with E-state index in [1.54, 1.807) is 25.6 Å². The second-order valence-corrected chi connectivity index (χ2v) is 5.97. The molecule has 1 heterocycles. The smallest absolute Gasteiger partial charge is 0.252 e. The second kappa shape index (κ2) is 10.2. The van der Waals surface area contributed by atoms with Crippen LogP contribution in [0.1, 0.15) is 10.4 Å². The van der Waals surface area contributed by atoms with Crippen LogP contribution in [0.25, 0.3) is 0 Å². The monoisotopic (exact) mass is 358 g/mol. The molecule has 0 aliphatic heterocycles. The Morgan fingerprint density at radius 3 is 2.54 bits per heavy atom. The fourth-order valence-electron chi connectivity index (χ4n) is 2.19. The molecule has 140 valence electrons. The molecule has 2 N–H and O–H groups in total. The Morgan fingerprint density at radius 1 is 1.12 bits per heavy atom. The molecule has 0 aliphatic rings. The third kappa shape index (κ3) is 6.60. The average Bonchev–Trinajstić information content (AvgIpc) is 2.65. The Balaban J connectivity index is 1.76. The fourth-order valence-corrected chi connectivity index (χ4v) is 2.19. The van der Waals surface area contributed by atoms with Gasteiger partial charge in [-0.05, 0) is 44.4 Å². The molecule has 0 saturated carbocycles. The summed E-state index contributed by atoms with van der Waals surface area (Å²) in [6, 6.07) is 9.21. The Morgan fingerprint density at radius 2 is 1.85 bits per heavy atom. The lowest BCUT2D eigenvalue weighted by Crippen LogP contribution is -2.31. The molecule has 2 rings (SSSR count). The van der Waals surface area contributed by atoms with Gasteiger partial charge >= 0.3 is 0 Å². The molecule has 1 aromatic heterocycles. The van der Waals surface area contributed by atoms with Gasteiger partial charge in [-0.1, -0.05) is 0 Å². The number of carbonyl (C=O) groups excluding carboxylic acids is 1. The van der Waals surface area contributed by atoms with Crippen LogP contribution < -0.4 is 20.1 Å². The highest BCUT2D eigenvalue weighted by molar-refractivity contribution is 5.94. The number of rotatable bonds is 10. The molecule has 0 aliphatic carbocycles. The van der Waals surface area contributed by atoms with Gasteiger partial charge in [-0.3, -0.25) is 9.78 Å². The van der Waals surface area contributed by atoms with E-state index < -0.39 is 0 Å². The van der Waals surface area contributed by atoms with Crippen molar-refractivity contribution in [3.63, 3.8) is 0 Å². The largest absolute Gasteiger partial charge is 0.497 e. The lowest BCUT2D eigenvalue weighted by molar-refractivity contribution is 0.0950. The summed E-state index contributed by atoms with van der Waals surface area (Å²) in [5.74, 6) is 1.44. The molecule has 0 radical (unpaired) electrons. The van der Waals surface area contributed by atoms with Gasteiger partial charge in [0, 0.05) is 32.0 Å². The van der Waals surface area contributed by atoms with Gasteiger partial charge in [0.2, 0.25) is 0 Å². The third-order valence-corrected chi connectivity index (χ3v) is 3.60. The number of nitrogens with one attached hydrogen (secondary N) is 2. The summed E-state index contributed by atoms with van der Waals surface area (Å²) in [5.41, 5.74) is 1.31. The van der Waals surface area contributed by atoms with Gasteiger partial charge in [0.05, 0.1) is 18.4 Å². The highest BCUT2D eigenvalue weighted by Crippen LogP contribution is 2.16. The summed E-state index contributed by atoms with van der Waals surface area (Å²) in [7, 11) is 5.56. The quantitative estimate of drug-likeness (QED) is 0.632. The predicted octanol–water partition coefficient (Wildman–Crippen LogP) is 1.87. The minimum Gasteiger partial charge on any atom is -0.497 e. The van der Waals surface area contributed by atoms with Crippen molar-refractivity contribution in [2.75, 3.05) is 52.8 Å². The van der Waals surface area contributed by atoms with Crippen LogP contribution in [0, 0.1) is 0 Å². The van der Waals surface area contributed by atoms with E-state index in [0.717, 1.165) is 23.7 Å². The van der Waals surface area contributed by atoms with Gasteiger partial charge in [-0.25, -0.2) is 0 Å². The van der Waals surface area contributed by atoms with Crippen molar-refractivity contribution in [3.8, 4) is 11.5 Å². The summed E-state index contributed by atoms with van der Waals surface area (Å²) >= 11 is 0. The minimum atomic E-state index is -0.127. The topological polar surface area (TPSA) is 75.7 Å². The molecular weight excluding hydrogens is 332 g/mol. The van der Waals surface area contributed by atoms with E-state index in [4.69, 9.17) is 9.47 Å². The maximum Gasteiger partial charge on any atom is 0.252 e. The van der Waals surface area contributed by atoms with Crippen LogP contribution in [-0.2, 0) is 0 Å². The average molecular weight is 358 g/mol. The zero-order valence-corrected chi connectivity index (χ0v) is 15.5. The number of hydrogen-bond acceptors (Lipinski definition) is 6. The summed E-state index contributed by atoms with van der Waals surface area (Å²) in [4.78, 5) is 18.2. The van der Waals surface area contributed by atoms with E-state index >= 15 is 0 Å². The van der Waals surface area contributed by atoms with E-state index in [1.807, 2.05) is 43.3 Å². The fraction of sp³-hybridized carbons (Fsp3) is 0.368. The van der Waals surface area contributed by atoms with E-state index in [9.17, 15) is 4.79 Å². The normalized spacial score (nSPS) is 10.5. The van der Waals surface area contributed by atoms with Gasteiger partial charge in [0.15, 0.2) is 0 Å². The summed E-state index contributed by atoms with van der Waals surface area (Å²) in [6.07, 6.45) is 3.24. The minimum absolute atomic E-state index is 0.127. The third-order valence-electron chi connectivity index (χ3n) is 3.60. The Labute approximate surface area is 154 Å². The van der Waals surface area contributed by atoms with Crippen LogP contribution in [0.3, 0.4) is 0 Å². The maximum absolute atomic E-state index is 12.1. The van der Waals surface area contributed by atoms with Gasteiger partial charge in [-0.15, -0.1) is 0 Å². The molecule has 1 amide bonds. The predicted molar refractivity (Wildman–Crippen MR) is 102 cm³/mol. The molecule has 2 aromatic rings. The van der Waals surface area contributed by atoms with Crippen LogP contribution in [-0.4, -0.2) is 63.2 Å². The summed E-state index contributed by atoms with van der Waals surface area (Å²) in [6.45, 7) is 2.48. The van der Waals surface area contributed by atoms with Crippen molar-refractivity contribution >= 4 is 11.6 Å². The van der Waals surface area contributed by atoms with Crippen LogP contribution >= 0.6 is 0 Å². The molecule has 7 nitrogen and oxygen atoms in total. The summed E-state index contributed by atoms with van der Waals surface area (Å²) in [5, 5.41) is 6.08. The second-order valence-electron chi connectivity index (χ2n) is 5.97. The Hall–Kier alpha value is -2.80. The van der Waals surface area contributed by atoms with Gasteiger partial charge in [-0.2, -0.15) is 0 Å². The first-order valence-corrected chi connectivity index (χ1v) is 8.47. The molecule has 0 bridgehead atoms. The highest BCUT2D eigenvalue weighted by Gasteiger charge is 2.06. The number of likely N-dealkylation sites (N-methyl/N-ethyl adjacent to an activating group) is 1. The molecule has 26 heavy (non-hydrogen) atoms. The number of hydrogen-bond donors (Lipinski definition) is 2. The Kier molecular flexibility index (Phi) is 7.70. The van der Waals surface area contributed by atoms with Gasteiger partial charge in [0.1, 0.15) is 18.1 Å². The van der Waals surface area contributed by atoms with Crippen LogP contribution in [0.4, 0.5) is 5.69 Å². The van der Waals surface area contributed by atoms with E-state index in [1.165, 1.54) is 0 Å². The number of pyridine rings is 1. The zero-order chi connectivity index (χ0) is 18.8. The number of amides is 1. The zero-order valence-electron chi connectivity index (χ0n) is 15.5. The maximum atomic E-state index is 12.1. The number of nitrogens with zero attached hydrogens (tertiary/aromatic N) is 2. The molecule has 0 fully saturated rings. The molecule has 1 aromatic carbocycles. The van der Waals surface area contributed by atoms with Crippen LogP contribution in [0.5, 0.6) is 11.5 Å². The lowest BCUT2D eigenvalue weighted by Gasteiger charge is -2.11. The van der Waals surface area contributed by atoms with Gasteiger partial charge in [0.25, 0.3) is 5.91 Å². The van der Waals surface area contributed by atoms with Crippen LogP contribution in [0.15, 0.2) is 42.7 Å². The van der Waals surface area contributed by atoms with E-state index in [-0.39, 0.29) is 5.91 Å². The van der Waals surface area contributed by atoms with E-state index in [0.29, 0.717) is 25.3 Å². The molecule has 7 heteroatoms. The van der Waals surface area contributed by atoms with Crippen molar-refractivity contribution in [2.45, 2.75) is 0 Å². The van der Waals surface area contributed by atoms with Crippen molar-refractivity contribution in [1.29, 1.82) is 0 Å². The summed E-state index contributed by atoms with van der Waals surface area (Å²) < 4.78 is 10.8. The number of ether oxygens (including phenoxy) is 2. The SMILES string of the molecule is COc1ccc(OCCNc2cncc(C(=O)NCCN(C)C)c2)cc1. The first kappa shape index (κ1) is 19.5. The first-order valence-electron chi connectivity index (χ1n) is 8.47. The standard InChI is InChI=1S/C19H26N4O3/c1-23(2)10-8-22-19(24)15-12-16(14-20-13-15)21-9-11-26-18-6-4-17(25-3)5-7-18/h4-7,12-14,21H,8-11H2,1-3H3,(H,22,24). The van der Waals surface area contributed by atoms with Crippen molar-refractivity contribution in [3.05, 3.63) is 48.3 Å². The molecule has 0 spiro atoms. The lowest BCUT2D eigenvalue weighted by atomic mass is 10.2. The number of anilines is 1. The van der Waals surface area contributed by atoms with Crippen molar-refractivity contribution in [1.82, 2.24) is 15.2 Å². The van der Waals surface area contributed by atoms with Crippen LogP contribution in [0.2, 0.25) is 0 Å². The molecule has 0 saturated heterocycles. The molecular formula is C19H26N4O3. The number of methoxy groups -OCH3 is 1. The van der Waals surface area contributed by atoms with Crippen molar-refractivity contribution < 1.29 is 14.3 Å². The Bertz CT molecular complexity index is 689. The van der Waals surface area contributed by atoms with Gasteiger partial charge < -0.3 is 25.0 Å².